The third-order valence-electron chi connectivity index (χ3n) is 3.18. The Morgan fingerprint density at radius 3 is 2.50 bits per heavy atom. The van der Waals surface area contributed by atoms with Gasteiger partial charge in [0, 0.05) is 12.6 Å². The largest absolute Gasteiger partial charge is 0.481 e. The van der Waals surface area contributed by atoms with Crippen molar-refractivity contribution >= 4 is 11.9 Å². The van der Waals surface area contributed by atoms with Gasteiger partial charge in [-0.25, -0.2) is 0 Å². The number of amides is 1. The van der Waals surface area contributed by atoms with E-state index in [1.165, 1.54) is 0 Å². The maximum atomic E-state index is 11.9. The first-order valence-electron chi connectivity index (χ1n) is 6.79. The van der Waals surface area contributed by atoms with E-state index in [0.717, 1.165) is 5.56 Å². The summed E-state index contributed by atoms with van der Waals surface area (Å²) in [6.07, 6.45) is 0.0415. The van der Waals surface area contributed by atoms with Crippen LogP contribution in [0, 0.1) is 0 Å². The van der Waals surface area contributed by atoms with Crippen molar-refractivity contribution in [2.45, 2.75) is 32.9 Å². The number of carbonyl (C=O) groups is 2. The third-order valence-corrected chi connectivity index (χ3v) is 3.18. The summed E-state index contributed by atoms with van der Waals surface area (Å²) in [6, 6.07) is 9.52. The lowest BCUT2D eigenvalue weighted by Crippen LogP contribution is -2.42. The predicted molar refractivity (Wildman–Crippen MR) is 77.3 cm³/mol. The fraction of sp³-hybridized carbons (Fsp3) is 0.467. The first-order valence-corrected chi connectivity index (χ1v) is 6.79. The van der Waals surface area contributed by atoms with Gasteiger partial charge in [-0.05, 0) is 19.0 Å². The Bertz CT molecular complexity index is 434. The van der Waals surface area contributed by atoms with Crippen LogP contribution in [0.1, 0.15) is 25.8 Å². The lowest BCUT2D eigenvalue weighted by Gasteiger charge is -2.25. The summed E-state index contributed by atoms with van der Waals surface area (Å²) >= 11 is 0. The molecule has 1 amide bonds. The minimum atomic E-state index is -0.847. The second-order valence-corrected chi connectivity index (χ2v) is 4.77. The number of carboxylic acid groups (broad SMARTS) is 1. The lowest BCUT2D eigenvalue weighted by molar-refractivity contribution is -0.138. The van der Waals surface area contributed by atoms with Crippen molar-refractivity contribution in [3.8, 4) is 0 Å². The Balaban J connectivity index is 2.41. The number of benzene rings is 1. The highest BCUT2D eigenvalue weighted by Gasteiger charge is 2.17. The van der Waals surface area contributed by atoms with Crippen LogP contribution in [0.3, 0.4) is 0 Å². The van der Waals surface area contributed by atoms with Crippen LogP contribution in [0.25, 0.3) is 0 Å². The first kappa shape index (κ1) is 16.2. The summed E-state index contributed by atoms with van der Waals surface area (Å²) in [5, 5.41) is 11.6. The highest BCUT2D eigenvalue weighted by Crippen LogP contribution is 2.03. The van der Waals surface area contributed by atoms with Crippen molar-refractivity contribution in [2.24, 2.45) is 0 Å². The zero-order chi connectivity index (χ0) is 15.0. The van der Waals surface area contributed by atoms with Gasteiger partial charge in [0.25, 0.3) is 0 Å². The molecule has 110 valence electrons. The Kier molecular flexibility index (Phi) is 6.73. The number of hydrogen-bond donors (Lipinski definition) is 2. The molecule has 2 N–H and O–H groups in total. The Morgan fingerprint density at radius 2 is 1.95 bits per heavy atom. The van der Waals surface area contributed by atoms with Crippen LogP contribution in [0.15, 0.2) is 30.3 Å². The fourth-order valence-electron chi connectivity index (χ4n) is 2.00. The molecule has 5 nitrogen and oxygen atoms in total. The first-order chi connectivity index (χ1) is 9.52. The van der Waals surface area contributed by atoms with E-state index >= 15 is 0 Å². The Labute approximate surface area is 119 Å². The zero-order valence-corrected chi connectivity index (χ0v) is 12.0. The quantitative estimate of drug-likeness (QED) is 0.756. The van der Waals surface area contributed by atoms with Gasteiger partial charge < -0.3 is 10.4 Å². The molecule has 1 rings (SSSR count). The molecule has 0 radical (unpaired) electrons. The molecular formula is C15H22N2O3. The van der Waals surface area contributed by atoms with Gasteiger partial charge in [-0.2, -0.15) is 0 Å². The summed E-state index contributed by atoms with van der Waals surface area (Å²) in [4.78, 5) is 24.4. The molecule has 1 atom stereocenters. The molecule has 0 aliphatic heterocycles. The van der Waals surface area contributed by atoms with E-state index in [1.807, 2.05) is 49.1 Å². The number of likely N-dealkylation sites (N-methyl/N-ethyl adjacent to an activating group) is 1. The van der Waals surface area contributed by atoms with Crippen LogP contribution < -0.4 is 5.32 Å². The van der Waals surface area contributed by atoms with Gasteiger partial charge in [-0.15, -0.1) is 0 Å². The van der Waals surface area contributed by atoms with Gasteiger partial charge in [-0.1, -0.05) is 37.3 Å². The molecule has 0 fully saturated rings. The van der Waals surface area contributed by atoms with Gasteiger partial charge in [0.1, 0.15) is 0 Å². The lowest BCUT2D eigenvalue weighted by atomic mass is 10.2. The molecule has 0 heterocycles. The number of rotatable bonds is 8. The number of nitrogens with one attached hydrogen (secondary N) is 1. The highest BCUT2D eigenvalue weighted by molar-refractivity contribution is 5.78. The molecule has 1 unspecified atom stereocenters. The van der Waals surface area contributed by atoms with Crippen LogP contribution in [-0.2, 0) is 16.1 Å². The number of carbonyl (C=O) groups excluding carboxylic acids is 1. The standard InChI is InChI=1S/C15H22N2O3/c1-3-17(12(2)9-15(19)20)11-14(18)16-10-13-7-5-4-6-8-13/h4-8,12H,3,9-11H2,1-2H3,(H,16,18)(H,19,20). The number of hydrogen-bond acceptors (Lipinski definition) is 3. The molecule has 20 heavy (non-hydrogen) atoms. The highest BCUT2D eigenvalue weighted by atomic mass is 16.4. The Morgan fingerprint density at radius 1 is 1.30 bits per heavy atom. The molecule has 0 bridgehead atoms. The molecule has 0 aliphatic carbocycles. The molecule has 0 spiro atoms. The average molecular weight is 278 g/mol. The van der Waals surface area contributed by atoms with Crippen molar-refractivity contribution in [3.05, 3.63) is 35.9 Å². The number of nitrogens with zero attached hydrogens (tertiary/aromatic N) is 1. The molecule has 5 heteroatoms. The van der Waals surface area contributed by atoms with Crippen molar-refractivity contribution in [1.29, 1.82) is 0 Å². The maximum absolute atomic E-state index is 11.9. The minimum absolute atomic E-state index is 0.0415. The second kappa shape index (κ2) is 8.32. The smallest absolute Gasteiger partial charge is 0.304 e. The summed E-state index contributed by atoms with van der Waals surface area (Å²) in [5.74, 6) is -0.936. The molecular weight excluding hydrogens is 256 g/mol. The predicted octanol–water partition coefficient (Wildman–Crippen LogP) is 1.49. The molecule has 0 aliphatic rings. The van der Waals surface area contributed by atoms with E-state index in [9.17, 15) is 9.59 Å². The SMILES string of the molecule is CCN(CC(=O)NCc1ccccc1)C(C)CC(=O)O. The van der Waals surface area contributed by atoms with Crippen LogP contribution in [0.2, 0.25) is 0 Å². The number of aliphatic carboxylic acids is 1. The van der Waals surface area contributed by atoms with E-state index < -0.39 is 5.97 Å². The zero-order valence-electron chi connectivity index (χ0n) is 12.0. The Hall–Kier alpha value is -1.88. The fourth-order valence-corrected chi connectivity index (χ4v) is 2.00. The van der Waals surface area contributed by atoms with Crippen molar-refractivity contribution in [1.82, 2.24) is 10.2 Å². The van der Waals surface area contributed by atoms with Gasteiger partial charge in [0.05, 0.1) is 13.0 Å². The molecule has 0 saturated carbocycles. The van der Waals surface area contributed by atoms with Crippen molar-refractivity contribution in [2.75, 3.05) is 13.1 Å². The van der Waals surface area contributed by atoms with E-state index in [-0.39, 0.29) is 24.9 Å². The van der Waals surface area contributed by atoms with E-state index in [4.69, 9.17) is 5.11 Å². The second-order valence-electron chi connectivity index (χ2n) is 4.77. The van der Waals surface area contributed by atoms with Crippen LogP contribution in [0.4, 0.5) is 0 Å². The van der Waals surface area contributed by atoms with Gasteiger partial charge in [0.2, 0.25) is 5.91 Å². The minimum Gasteiger partial charge on any atom is -0.481 e. The molecule has 1 aromatic rings. The third kappa shape index (κ3) is 5.84. The van der Waals surface area contributed by atoms with E-state index in [1.54, 1.807) is 0 Å². The molecule has 1 aromatic carbocycles. The van der Waals surface area contributed by atoms with Crippen molar-refractivity contribution < 1.29 is 14.7 Å². The van der Waals surface area contributed by atoms with Crippen LogP contribution >= 0.6 is 0 Å². The summed E-state index contributed by atoms with van der Waals surface area (Å²) in [5.41, 5.74) is 1.04. The number of carboxylic acids is 1. The summed E-state index contributed by atoms with van der Waals surface area (Å²) < 4.78 is 0. The maximum Gasteiger partial charge on any atom is 0.304 e. The van der Waals surface area contributed by atoms with Gasteiger partial charge in [-0.3, -0.25) is 14.5 Å². The summed E-state index contributed by atoms with van der Waals surface area (Å²) in [6.45, 7) is 5.10. The topological polar surface area (TPSA) is 69.6 Å². The summed E-state index contributed by atoms with van der Waals surface area (Å²) in [7, 11) is 0. The van der Waals surface area contributed by atoms with E-state index in [2.05, 4.69) is 5.32 Å². The monoisotopic (exact) mass is 278 g/mol. The normalized spacial score (nSPS) is 12.2. The van der Waals surface area contributed by atoms with Gasteiger partial charge >= 0.3 is 5.97 Å². The van der Waals surface area contributed by atoms with Crippen molar-refractivity contribution in [3.63, 3.8) is 0 Å². The van der Waals surface area contributed by atoms with E-state index in [0.29, 0.717) is 13.1 Å². The average Bonchev–Trinajstić information content (AvgIpc) is 2.42. The molecule has 0 saturated heterocycles. The molecule has 0 aromatic heterocycles. The van der Waals surface area contributed by atoms with Gasteiger partial charge in [0.15, 0.2) is 0 Å². The van der Waals surface area contributed by atoms with Crippen LogP contribution in [0.5, 0.6) is 0 Å². The van der Waals surface area contributed by atoms with Crippen LogP contribution in [-0.4, -0.2) is 41.0 Å².